The summed E-state index contributed by atoms with van der Waals surface area (Å²) in [5.41, 5.74) is 1.25. The molecule has 2 aromatic heterocycles. The number of imidazole rings is 1. The van der Waals surface area contributed by atoms with Crippen molar-refractivity contribution in [2.45, 2.75) is 13.5 Å². The maximum Gasteiger partial charge on any atom is 0.270 e. The number of carbonyl (C=O) groups is 1. The largest absolute Gasteiger partial charge is 0.347 e. The van der Waals surface area contributed by atoms with Gasteiger partial charge in [-0.25, -0.2) is 9.97 Å². The fraction of sp³-hybridized carbons (Fsp3) is 0.182. The van der Waals surface area contributed by atoms with Gasteiger partial charge in [0.2, 0.25) is 0 Å². The monoisotopic (exact) mass is 216 g/mol. The van der Waals surface area contributed by atoms with Gasteiger partial charge in [-0.3, -0.25) is 4.79 Å². The van der Waals surface area contributed by atoms with Crippen LogP contribution in [0.15, 0.2) is 30.6 Å². The van der Waals surface area contributed by atoms with Gasteiger partial charge in [0.1, 0.15) is 11.5 Å². The van der Waals surface area contributed by atoms with Gasteiger partial charge in [-0.1, -0.05) is 6.07 Å². The van der Waals surface area contributed by atoms with Crippen LogP contribution in [0, 0.1) is 6.92 Å². The molecule has 0 aliphatic carbocycles. The Kier molecular flexibility index (Phi) is 2.95. The average molecular weight is 216 g/mol. The number of nitrogens with one attached hydrogen (secondary N) is 2. The number of aryl methyl sites for hydroxylation is 1. The first-order valence-electron chi connectivity index (χ1n) is 4.96. The second-order valence-corrected chi connectivity index (χ2v) is 3.38. The predicted molar refractivity (Wildman–Crippen MR) is 58.7 cm³/mol. The Morgan fingerprint density at radius 3 is 3.06 bits per heavy atom. The molecule has 0 saturated carbocycles. The number of H-pyrrole nitrogens is 1. The molecule has 0 saturated heterocycles. The van der Waals surface area contributed by atoms with Crippen LogP contribution in [0.4, 0.5) is 0 Å². The standard InChI is InChI=1S/C11H12N4O/c1-8-3-2-4-9(15-8)11(16)14-7-10-12-5-6-13-10/h2-6H,7H2,1H3,(H,12,13)(H,14,16). The molecule has 2 aromatic rings. The van der Waals surface area contributed by atoms with Crippen LogP contribution in [0.2, 0.25) is 0 Å². The lowest BCUT2D eigenvalue weighted by atomic mass is 10.3. The molecule has 16 heavy (non-hydrogen) atoms. The first-order chi connectivity index (χ1) is 7.75. The van der Waals surface area contributed by atoms with Gasteiger partial charge in [-0.15, -0.1) is 0 Å². The summed E-state index contributed by atoms with van der Waals surface area (Å²) in [6.45, 7) is 2.23. The van der Waals surface area contributed by atoms with Gasteiger partial charge < -0.3 is 10.3 Å². The van der Waals surface area contributed by atoms with Crippen molar-refractivity contribution >= 4 is 5.91 Å². The Hall–Kier alpha value is -2.17. The molecule has 0 spiro atoms. The predicted octanol–water partition coefficient (Wildman–Crippen LogP) is 1.04. The first-order valence-corrected chi connectivity index (χ1v) is 4.96. The SMILES string of the molecule is Cc1cccc(C(=O)NCc2ncc[nH]2)n1. The number of amides is 1. The molecule has 0 aliphatic heterocycles. The van der Waals surface area contributed by atoms with E-state index in [0.717, 1.165) is 11.5 Å². The highest BCUT2D eigenvalue weighted by Gasteiger charge is 2.06. The van der Waals surface area contributed by atoms with Crippen LogP contribution in [0.5, 0.6) is 0 Å². The summed E-state index contributed by atoms with van der Waals surface area (Å²) in [5.74, 6) is 0.529. The number of pyridine rings is 1. The molecule has 0 bridgehead atoms. The van der Waals surface area contributed by atoms with Crippen molar-refractivity contribution in [3.8, 4) is 0 Å². The van der Waals surface area contributed by atoms with Crippen molar-refractivity contribution in [3.05, 3.63) is 47.8 Å². The Labute approximate surface area is 92.9 Å². The molecule has 5 heteroatoms. The lowest BCUT2D eigenvalue weighted by Gasteiger charge is -2.03. The van der Waals surface area contributed by atoms with Gasteiger partial charge in [-0.05, 0) is 19.1 Å². The quantitative estimate of drug-likeness (QED) is 0.805. The number of aromatic amines is 1. The normalized spacial score (nSPS) is 10.1. The molecule has 0 radical (unpaired) electrons. The zero-order valence-electron chi connectivity index (χ0n) is 8.90. The van der Waals surface area contributed by atoms with E-state index in [9.17, 15) is 4.79 Å². The highest BCUT2D eigenvalue weighted by atomic mass is 16.1. The van der Waals surface area contributed by atoms with Gasteiger partial charge in [0, 0.05) is 18.1 Å². The third-order valence-electron chi connectivity index (χ3n) is 2.09. The Balaban J connectivity index is 1.98. The minimum absolute atomic E-state index is 0.194. The van der Waals surface area contributed by atoms with Crippen LogP contribution < -0.4 is 5.32 Å². The lowest BCUT2D eigenvalue weighted by Crippen LogP contribution is -2.24. The van der Waals surface area contributed by atoms with E-state index in [1.165, 1.54) is 0 Å². The van der Waals surface area contributed by atoms with Crippen LogP contribution in [0.1, 0.15) is 22.0 Å². The van der Waals surface area contributed by atoms with Gasteiger partial charge in [0.05, 0.1) is 6.54 Å². The molecule has 0 aromatic carbocycles. The second-order valence-electron chi connectivity index (χ2n) is 3.38. The molecule has 82 valence electrons. The number of aromatic nitrogens is 3. The summed E-state index contributed by atoms with van der Waals surface area (Å²) < 4.78 is 0. The minimum atomic E-state index is -0.194. The Bertz CT molecular complexity index is 478. The molecule has 2 rings (SSSR count). The topological polar surface area (TPSA) is 70.7 Å². The zero-order chi connectivity index (χ0) is 11.4. The van der Waals surface area contributed by atoms with Crippen molar-refractivity contribution in [2.75, 3.05) is 0 Å². The molecular weight excluding hydrogens is 204 g/mol. The smallest absolute Gasteiger partial charge is 0.270 e. The first kappa shape index (κ1) is 10.4. The van der Waals surface area contributed by atoms with Crippen molar-refractivity contribution in [1.82, 2.24) is 20.3 Å². The van der Waals surface area contributed by atoms with Crippen LogP contribution in [-0.4, -0.2) is 20.9 Å². The van der Waals surface area contributed by atoms with Crippen LogP contribution in [0.25, 0.3) is 0 Å². The lowest BCUT2D eigenvalue weighted by molar-refractivity contribution is 0.0945. The fourth-order valence-corrected chi connectivity index (χ4v) is 1.32. The van der Waals surface area contributed by atoms with Crippen LogP contribution >= 0.6 is 0 Å². The van der Waals surface area contributed by atoms with Crippen molar-refractivity contribution < 1.29 is 4.79 Å². The van der Waals surface area contributed by atoms with E-state index in [-0.39, 0.29) is 5.91 Å². The summed E-state index contributed by atoms with van der Waals surface area (Å²) in [5, 5.41) is 2.73. The van der Waals surface area contributed by atoms with Gasteiger partial charge in [0.15, 0.2) is 0 Å². The highest BCUT2D eigenvalue weighted by Crippen LogP contribution is 1.98. The maximum atomic E-state index is 11.7. The van der Waals surface area contributed by atoms with E-state index < -0.39 is 0 Å². The zero-order valence-corrected chi connectivity index (χ0v) is 8.90. The summed E-state index contributed by atoms with van der Waals surface area (Å²) in [4.78, 5) is 22.7. The van der Waals surface area contributed by atoms with Gasteiger partial charge in [-0.2, -0.15) is 0 Å². The van der Waals surface area contributed by atoms with E-state index in [1.54, 1.807) is 18.5 Å². The molecule has 0 fully saturated rings. The van der Waals surface area contributed by atoms with E-state index in [1.807, 2.05) is 19.1 Å². The van der Waals surface area contributed by atoms with E-state index in [4.69, 9.17) is 0 Å². The number of nitrogens with zero attached hydrogens (tertiary/aromatic N) is 2. The van der Waals surface area contributed by atoms with Crippen LogP contribution in [0.3, 0.4) is 0 Å². The summed E-state index contributed by atoms with van der Waals surface area (Å²) in [6.07, 6.45) is 3.36. The van der Waals surface area contributed by atoms with Crippen molar-refractivity contribution in [3.63, 3.8) is 0 Å². The van der Waals surface area contributed by atoms with E-state index in [2.05, 4.69) is 20.3 Å². The van der Waals surface area contributed by atoms with Gasteiger partial charge in [0.25, 0.3) is 5.91 Å². The summed E-state index contributed by atoms with van der Waals surface area (Å²) >= 11 is 0. The second kappa shape index (κ2) is 4.57. The molecule has 5 nitrogen and oxygen atoms in total. The molecule has 0 unspecified atom stereocenters. The molecule has 0 atom stereocenters. The minimum Gasteiger partial charge on any atom is -0.347 e. The van der Waals surface area contributed by atoms with E-state index >= 15 is 0 Å². The molecular formula is C11H12N4O. The highest BCUT2D eigenvalue weighted by molar-refractivity contribution is 5.92. The van der Waals surface area contributed by atoms with Gasteiger partial charge >= 0.3 is 0 Å². The third kappa shape index (κ3) is 2.44. The molecule has 0 aliphatic rings. The van der Waals surface area contributed by atoms with E-state index in [0.29, 0.717) is 12.2 Å². The van der Waals surface area contributed by atoms with Crippen LogP contribution in [-0.2, 0) is 6.54 Å². The number of hydrogen-bond donors (Lipinski definition) is 2. The molecule has 2 N–H and O–H groups in total. The summed E-state index contributed by atoms with van der Waals surface area (Å²) in [6, 6.07) is 5.35. The maximum absolute atomic E-state index is 11.7. The number of rotatable bonds is 3. The molecule has 1 amide bonds. The van der Waals surface area contributed by atoms with Crippen molar-refractivity contribution in [2.24, 2.45) is 0 Å². The Morgan fingerprint density at radius 2 is 2.38 bits per heavy atom. The number of hydrogen-bond acceptors (Lipinski definition) is 3. The Morgan fingerprint density at radius 1 is 1.50 bits per heavy atom. The summed E-state index contributed by atoms with van der Waals surface area (Å²) in [7, 11) is 0. The van der Waals surface area contributed by atoms with Crippen molar-refractivity contribution in [1.29, 1.82) is 0 Å². The number of carbonyl (C=O) groups excluding carboxylic acids is 1. The molecule has 2 heterocycles. The third-order valence-corrected chi connectivity index (χ3v) is 2.09. The fourth-order valence-electron chi connectivity index (χ4n) is 1.32. The average Bonchev–Trinajstić information content (AvgIpc) is 2.78.